The molecule has 2 saturated heterocycles. The van der Waals surface area contributed by atoms with E-state index in [-0.39, 0.29) is 73.5 Å². The largest absolute Gasteiger partial charge is 0.484 e. The molecule has 2 N–H and O–H groups in total. The summed E-state index contributed by atoms with van der Waals surface area (Å²) in [5.74, 6) is 3.26. The highest BCUT2D eigenvalue weighted by molar-refractivity contribution is 5.94. The van der Waals surface area contributed by atoms with Crippen molar-refractivity contribution in [3.05, 3.63) is 83.5 Å². The van der Waals surface area contributed by atoms with Crippen LogP contribution in [0, 0.1) is 48.3 Å². The first-order chi connectivity index (χ1) is 46.1. The molecular weight excluding hydrogens is 1240 g/mol. The van der Waals surface area contributed by atoms with E-state index in [2.05, 4.69) is 20.6 Å². The molecule has 0 spiro atoms. The number of benzene rings is 2. The van der Waals surface area contributed by atoms with Crippen molar-refractivity contribution in [1.82, 2.24) is 50.3 Å². The van der Waals surface area contributed by atoms with Crippen molar-refractivity contribution in [2.45, 2.75) is 241 Å². The Kier molecular flexibility index (Phi) is 20.9. The molecule has 4 fully saturated rings. The van der Waals surface area contributed by atoms with E-state index in [0.29, 0.717) is 81.9 Å². The molecule has 4 amide bonds. The Morgan fingerprint density at radius 2 is 1.04 bits per heavy atom. The van der Waals surface area contributed by atoms with Gasteiger partial charge in [-0.1, -0.05) is 81.1 Å². The molecule has 97 heavy (non-hydrogen) atoms. The van der Waals surface area contributed by atoms with Crippen LogP contribution >= 0.6 is 0 Å². The maximum absolute atomic E-state index is 14.3. The first-order valence-corrected chi connectivity index (χ1v) is 34.7. The Labute approximate surface area is 567 Å². The number of rotatable bonds is 8. The van der Waals surface area contributed by atoms with Crippen molar-refractivity contribution in [3.8, 4) is 23.3 Å². The van der Waals surface area contributed by atoms with Crippen LogP contribution in [0.15, 0.2) is 57.6 Å². The lowest BCUT2D eigenvalue weighted by molar-refractivity contribution is -0.141. The first-order valence-electron chi connectivity index (χ1n) is 34.7. The van der Waals surface area contributed by atoms with Crippen molar-refractivity contribution >= 4 is 57.6 Å². The van der Waals surface area contributed by atoms with Gasteiger partial charge in [-0.25, -0.2) is 39.5 Å². The quantitative estimate of drug-likeness (QED) is 0.143. The topological polar surface area (TPSA) is 292 Å². The zero-order valence-electron chi connectivity index (χ0n) is 58.5. The average Bonchev–Trinajstić information content (AvgIpc) is 1.66. The Balaban J connectivity index is 0.000000197. The molecule has 0 radical (unpaired) electrons. The summed E-state index contributed by atoms with van der Waals surface area (Å²) >= 11 is 0. The van der Waals surface area contributed by atoms with E-state index in [1.165, 1.54) is 13.8 Å². The Morgan fingerprint density at radius 3 is 1.49 bits per heavy atom. The van der Waals surface area contributed by atoms with Crippen molar-refractivity contribution in [2.75, 3.05) is 13.1 Å². The molecule has 4 aliphatic heterocycles. The van der Waals surface area contributed by atoms with Gasteiger partial charge in [0.05, 0.1) is 59.6 Å². The molecular formula is C73H96N10O14. The second-order valence-electron chi connectivity index (χ2n) is 30.0. The van der Waals surface area contributed by atoms with Gasteiger partial charge in [0.1, 0.15) is 70.4 Å². The summed E-state index contributed by atoms with van der Waals surface area (Å²) in [5.41, 5.74) is 2.29. The molecule has 12 rings (SSSR count). The van der Waals surface area contributed by atoms with Gasteiger partial charge < -0.3 is 57.7 Å². The minimum absolute atomic E-state index is 0.144. The second-order valence-corrected chi connectivity index (χ2v) is 30.0. The third-order valence-corrected chi connectivity index (χ3v) is 20.2. The Bertz CT molecular complexity index is 3880. The molecule has 4 aromatic heterocycles. The SMILES string of the molecule is CC(=O)[C@@H]1[C@H](C)[C@@H]2CN1C(=O)[C@H](C(C)(C)C)NC(=O)O[C@@H]1CCC[C@H]1CCCCCc1nc3ccc(OCc4ncc(C)o4)cc3nc1O2.CC(=O)[C@@H]1[C@H](C)[C@@H]2CN1C(=O)[C@H](C(C)(C)C)NC(=O)O[C@]1(C)C[C@H]1CCCCCc1nc3ccc(OCc4ncc(C)o4)cc3nc1O2. The smallest absolute Gasteiger partial charge is 0.408 e. The number of Topliss-reactive ketones (excluding diaryl/α,β-unsaturated/α-hetero) is 2. The summed E-state index contributed by atoms with van der Waals surface area (Å²) in [7, 11) is 0. The number of ketones is 2. The fraction of sp³-hybridized carbons (Fsp3) is 0.616. The van der Waals surface area contributed by atoms with E-state index in [0.717, 1.165) is 94.0 Å². The van der Waals surface area contributed by atoms with Gasteiger partial charge in [-0.15, -0.1) is 0 Å². The minimum Gasteiger partial charge on any atom is -0.484 e. The van der Waals surface area contributed by atoms with E-state index in [1.807, 2.05) is 113 Å². The molecule has 4 bridgehead atoms. The number of hydrogen-bond acceptors (Lipinski definition) is 20. The van der Waals surface area contributed by atoms with Crippen LogP contribution in [0.2, 0.25) is 0 Å². The lowest BCUT2D eigenvalue weighted by atomic mass is 9.85. The molecule has 2 saturated carbocycles. The Morgan fingerprint density at radius 1 is 0.577 bits per heavy atom. The molecule has 6 aromatic rings. The fourth-order valence-electron chi connectivity index (χ4n) is 14.6. The monoisotopic (exact) mass is 1340 g/mol. The lowest BCUT2D eigenvalue weighted by Crippen LogP contribution is -2.57. The summed E-state index contributed by atoms with van der Waals surface area (Å²) in [5, 5.41) is 5.76. The van der Waals surface area contributed by atoms with E-state index in [9.17, 15) is 28.8 Å². The maximum atomic E-state index is 14.3. The van der Waals surface area contributed by atoms with E-state index >= 15 is 0 Å². The van der Waals surface area contributed by atoms with E-state index in [4.69, 9.17) is 57.2 Å². The normalized spacial score (nSPS) is 27.6. The van der Waals surface area contributed by atoms with Gasteiger partial charge >= 0.3 is 12.2 Å². The fourth-order valence-corrected chi connectivity index (χ4v) is 14.6. The van der Waals surface area contributed by atoms with Crippen LogP contribution in [-0.2, 0) is 54.7 Å². The number of aromatic nitrogens is 6. The highest BCUT2D eigenvalue weighted by atomic mass is 16.6. The van der Waals surface area contributed by atoms with Crippen molar-refractivity contribution in [2.24, 2.45) is 34.5 Å². The number of hydrogen-bond donors (Lipinski definition) is 2. The van der Waals surface area contributed by atoms with Gasteiger partial charge in [0.25, 0.3) is 0 Å². The van der Waals surface area contributed by atoms with Crippen LogP contribution in [0.5, 0.6) is 23.3 Å². The van der Waals surface area contributed by atoms with Crippen molar-refractivity contribution < 1.29 is 66.0 Å². The highest BCUT2D eigenvalue weighted by Gasteiger charge is 2.55. The minimum atomic E-state index is -0.910. The number of nitrogens with one attached hydrogen (secondary N) is 2. The van der Waals surface area contributed by atoms with E-state index < -0.39 is 65.0 Å². The van der Waals surface area contributed by atoms with Crippen molar-refractivity contribution in [3.63, 3.8) is 0 Å². The number of ether oxygens (including phenoxy) is 6. The zero-order chi connectivity index (χ0) is 69.3. The highest BCUT2D eigenvalue weighted by Crippen LogP contribution is 2.50. The predicted molar refractivity (Wildman–Crippen MR) is 357 cm³/mol. The summed E-state index contributed by atoms with van der Waals surface area (Å²) in [6.07, 6.45) is 13.5. The van der Waals surface area contributed by atoms with Gasteiger partial charge in [-0.2, -0.15) is 0 Å². The van der Waals surface area contributed by atoms with Gasteiger partial charge in [-0.3, -0.25) is 19.2 Å². The van der Waals surface area contributed by atoms with Gasteiger partial charge in [0.15, 0.2) is 24.8 Å². The number of carbonyl (C=O) groups is 6. The van der Waals surface area contributed by atoms with Crippen LogP contribution in [0.4, 0.5) is 9.59 Å². The third kappa shape index (κ3) is 16.4. The zero-order valence-corrected chi connectivity index (χ0v) is 58.5. The van der Waals surface area contributed by atoms with Crippen LogP contribution < -0.4 is 29.6 Å². The number of amides is 4. The molecule has 6 aliphatic rings. The molecule has 0 unspecified atom stereocenters. The van der Waals surface area contributed by atoms with Crippen LogP contribution in [-0.4, -0.2) is 136 Å². The van der Waals surface area contributed by atoms with Gasteiger partial charge in [-0.05, 0) is 140 Å². The molecule has 24 nitrogen and oxygen atoms in total. The maximum Gasteiger partial charge on any atom is 0.408 e. The number of aryl methyl sites for hydroxylation is 4. The van der Waals surface area contributed by atoms with E-state index in [1.54, 1.807) is 22.2 Å². The number of carbonyl (C=O) groups excluding carboxylic acids is 6. The van der Waals surface area contributed by atoms with Crippen LogP contribution in [0.1, 0.15) is 188 Å². The van der Waals surface area contributed by atoms with Crippen molar-refractivity contribution in [1.29, 1.82) is 0 Å². The Hall–Kier alpha value is -8.44. The summed E-state index contributed by atoms with van der Waals surface area (Å²) in [6, 6.07) is 7.82. The number of fused-ring (bicyclic) bond motifs is 10. The number of nitrogens with zero attached hydrogens (tertiary/aromatic N) is 8. The molecule has 522 valence electrons. The lowest BCUT2D eigenvalue weighted by Gasteiger charge is -2.35. The van der Waals surface area contributed by atoms with Crippen LogP contribution in [0.3, 0.4) is 0 Å². The number of alkyl carbamates (subject to hydrolysis) is 2. The molecule has 12 atom stereocenters. The summed E-state index contributed by atoms with van der Waals surface area (Å²) < 4.78 is 48.1. The molecule has 24 heteroatoms. The third-order valence-electron chi connectivity index (χ3n) is 20.2. The molecule has 8 heterocycles. The summed E-state index contributed by atoms with van der Waals surface area (Å²) in [6.45, 7) is 24.5. The van der Waals surface area contributed by atoms with Gasteiger partial charge in [0.2, 0.25) is 35.4 Å². The molecule has 2 aromatic carbocycles. The van der Waals surface area contributed by atoms with Crippen LogP contribution in [0.25, 0.3) is 22.1 Å². The standard InChI is InChI=1S/C37H49N5O7.C36H47N5O7/c1-21-18-38-31(47-21)20-46-25-15-16-26-28(17-25)40-34-27(39-26)13-9-7-8-11-24-12-10-14-29(24)49-36(45)41-33(37(4,5)6)35(44)42-19-30(48-34)22(2)32(42)23(3)43;1-20-17-37-29(46-20)19-45-24-13-14-25-27(15-24)39-32-26(38-25)12-10-8-9-11-23-16-36(23,7)48-34(44)40-31(35(4,5)6)33(43)41-18-28(47-32)21(2)30(41)22(3)42/h15-18,22,24,29-30,32-33H,7-14,19-20H2,1-6H3,(H,41,45);13-15,17,21,23,28,30-31H,8-12,16,18-19H2,1-7H3,(H,40,44)/t22-,24-,29-,30+,32+,33-;21-,23-,28+,30+,31-,36-/m11/s1. The predicted octanol–water partition coefficient (Wildman–Crippen LogP) is 11.8. The number of oxazole rings is 2. The van der Waals surface area contributed by atoms with Gasteiger partial charge in [0, 0.05) is 29.9 Å². The molecule has 2 aliphatic carbocycles. The first kappa shape index (κ1) is 69.9. The average molecular weight is 1340 g/mol. The summed E-state index contributed by atoms with van der Waals surface area (Å²) in [4.78, 5) is 113. The second kappa shape index (κ2) is 28.9.